The number of nitrogens with two attached hydrogens (primary N) is 1. The zero-order valence-electron chi connectivity index (χ0n) is 10.9. The quantitative estimate of drug-likeness (QED) is 0.183. The fourth-order valence-electron chi connectivity index (χ4n) is 1.76. The second-order valence-electron chi connectivity index (χ2n) is 4.61. The summed E-state index contributed by atoms with van der Waals surface area (Å²) in [5.41, 5.74) is 0.449. The first-order chi connectivity index (χ1) is 9.34. The number of hydrazine groups is 1. The minimum atomic E-state index is -1.34. The molecule has 1 aliphatic rings. The average molecular weight is 393 g/mol. The molecule has 1 aromatic carbocycles. The first-order valence-corrected chi connectivity index (χ1v) is 7.77. The predicted molar refractivity (Wildman–Crippen MR) is 64.1 cm³/mol. The van der Waals surface area contributed by atoms with Gasteiger partial charge in [-0.25, -0.2) is 0 Å². The Morgan fingerprint density at radius 3 is 2.15 bits per heavy atom. The number of ether oxygens (including phenoxy) is 2. The molecule has 7 nitrogen and oxygen atoms in total. The summed E-state index contributed by atoms with van der Waals surface area (Å²) in [6, 6.07) is 5.27. The summed E-state index contributed by atoms with van der Waals surface area (Å²) >= 11 is -1.01. The summed E-state index contributed by atoms with van der Waals surface area (Å²) < 4.78 is 19.9. The van der Waals surface area contributed by atoms with Crippen LogP contribution in [-0.4, -0.2) is 27.2 Å². The van der Waals surface area contributed by atoms with Gasteiger partial charge in [0.1, 0.15) is 0 Å². The van der Waals surface area contributed by atoms with E-state index in [1.807, 2.05) is 0 Å². The molecule has 8 heteroatoms. The molecule has 110 valence electrons. The second kappa shape index (κ2) is 5.54. The zero-order chi connectivity index (χ0) is 14.9. The summed E-state index contributed by atoms with van der Waals surface area (Å²) in [4.78, 5) is 23.8. The topological polar surface area (TPSA) is 102 Å². The van der Waals surface area contributed by atoms with Crippen molar-refractivity contribution in [3.05, 3.63) is 27.8 Å². The van der Waals surface area contributed by atoms with Crippen LogP contribution in [-0.2, 0) is 19.1 Å². The number of carbonyl (C=O) groups excluding carboxylic acids is 2. The number of hydrogen-bond acceptors (Lipinski definition) is 7. The van der Waals surface area contributed by atoms with Crippen molar-refractivity contribution in [2.75, 3.05) is 5.01 Å². The summed E-state index contributed by atoms with van der Waals surface area (Å²) in [7, 11) is 0. The van der Waals surface area contributed by atoms with Gasteiger partial charge in [0.2, 0.25) is 0 Å². The van der Waals surface area contributed by atoms with Crippen LogP contribution in [0.25, 0.3) is 0 Å². The third-order valence-corrected chi connectivity index (χ3v) is 3.92. The molecule has 1 saturated heterocycles. The van der Waals surface area contributed by atoms with Gasteiger partial charge < -0.3 is 0 Å². The molecule has 0 bridgehead atoms. The van der Waals surface area contributed by atoms with Crippen LogP contribution in [0, 0.1) is 3.57 Å². The fourth-order valence-corrected chi connectivity index (χ4v) is 2.44. The van der Waals surface area contributed by atoms with Crippen molar-refractivity contribution in [1.29, 1.82) is 0 Å². The van der Waals surface area contributed by atoms with Crippen molar-refractivity contribution in [3.8, 4) is 0 Å². The number of benzene rings is 1. The number of hydrogen-bond donors (Lipinski definition) is 2. The molecule has 0 aromatic heterocycles. The number of anilines is 1. The summed E-state index contributed by atoms with van der Waals surface area (Å²) in [6.45, 7) is 2.94. The molecule has 0 aliphatic carbocycles. The number of cyclic esters (lactones) is 2. The number of halogens is 1. The Bertz CT molecular complexity index is 511. The maximum absolute atomic E-state index is 11.9. The Kier molecular flexibility index (Phi) is 4.16. The molecule has 1 aliphatic heterocycles. The molecule has 0 unspecified atom stereocenters. The Morgan fingerprint density at radius 2 is 1.70 bits per heavy atom. The van der Waals surface area contributed by atoms with Gasteiger partial charge in [-0.1, -0.05) is 0 Å². The first-order valence-electron chi connectivity index (χ1n) is 5.72. The Morgan fingerprint density at radius 1 is 1.20 bits per heavy atom. The van der Waals surface area contributed by atoms with Crippen LogP contribution in [0.1, 0.15) is 13.8 Å². The summed E-state index contributed by atoms with van der Waals surface area (Å²) in [6.07, 6.45) is 0. The van der Waals surface area contributed by atoms with E-state index >= 15 is 0 Å². The summed E-state index contributed by atoms with van der Waals surface area (Å²) in [5.74, 6) is 3.01. The van der Waals surface area contributed by atoms with Crippen molar-refractivity contribution >= 4 is 17.6 Å². The third-order valence-electron chi connectivity index (χ3n) is 2.64. The van der Waals surface area contributed by atoms with E-state index in [0.717, 1.165) is 8.58 Å². The van der Waals surface area contributed by atoms with Gasteiger partial charge in [-0.3, -0.25) is 0 Å². The van der Waals surface area contributed by atoms with Gasteiger partial charge in [-0.15, -0.1) is 0 Å². The molecule has 0 atom stereocenters. The average Bonchev–Trinajstić information content (AvgIpc) is 2.36. The van der Waals surface area contributed by atoms with Gasteiger partial charge in [-0.2, -0.15) is 0 Å². The fraction of sp³-hybridized carbons (Fsp3) is 0.333. The van der Waals surface area contributed by atoms with Crippen LogP contribution in [0.5, 0.6) is 0 Å². The third kappa shape index (κ3) is 3.02. The molecule has 3 N–H and O–H groups in total. The van der Waals surface area contributed by atoms with Crippen LogP contribution < -0.4 is 32.5 Å². The van der Waals surface area contributed by atoms with Crippen molar-refractivity contribution in [2.24, 2.45) is 5.84 Å². The SMILES string of the molecule is CC1(C)OC(=O)C(N(N)c2ccc([I-]O)cc2)C(=O)O1. The van der Waals surface area contributed by atoms with Gasteiger partial charge in [0.05, 0.1) is 0 Å². The second-order valence-corrected chi connectivity index (χ2v) is 6.34. The van der Waals surface area contributed by atoms with Gasteiger partial charge in [0.25, 0.3) is 0 Å². The molecule has 0 spiro atoms. The van der Waals surface area contributed by atoms with E-state index in [1.165, 1.54) is 13.8 Å². The van der Waals surface area contributed by atoms with Crippen LogP contribution in [0.3, 0.4) is 0 Å². The molecule has 1 aromatic rings. The molecule has 20 heavy (non-hydrogen) atoms. The molecule has 1 fully saturated rings. The summed E-state index contributed by atoms with van der Waals surface area (Å²) in [5, 5.41) is 0.999. The van der Waals surface area contributed by atoms with Crippen molar-refractivity contribution in [1.82, 2.24) is 0 Å². The number of rotatable bonds is 3. The number of nitrogens with zero attached hydrogens (tertiary/aromatic N) is 1. The van der Waals surface area contributed by atoms with E-state index < -0.39 is 45.4 Å². The standard InChI is InChI=1S/C12H14IN2O5/c1-12(2)19-10(16)9(11(17)20-12)15(14)8-5-3-7(13-18)4-6-8/h3-6,9,18H,14H2,1-2H3/q-1. The van der Waals surface area contributed by atoms with Crippen LogP contribution in [0.4, 0.5) is 5.69 Å². The van der Waals surface area contributed by atoms with E-state index in [9.17, 15) is 9.59 Å². The molecular weight excluding hydrogens is 379 g/mol. The van der Waals surface area contributed by atoms with E-state index in [4.69, 9.17) is 18.8 Å². The molecular formula is C12H14IN2O5-. The molecule has 2 rings (SSSR count). The molecule has 0 amide bonds. The van der Waals surface area contributed by atoms with Crippen LogP contribution >= 0.6 is 0 Å². The van der Waals surface area contributed by atoms with Crippen LogP contribution in [0.2, 0.25) is 0 Å². The van der Waals surface area contributed by atoms with E-state index in [1.54, 1.807) is 24.3 Å². The van der Waals surface area contributed by atoms with Gasteiger partial charge in [0, 0.05) is 0 Å². The normalized spacial score (nSPS) is 18.6. The maximum atomic E-state index is 11.9. The Labute approximate surface area is 126 Å². The van der Waals surface area contributed by atoms with Crippen molar-refractivity contribution in [2.45, 2.75) is 25.7 Å². The number of carbonyl (C=O) groups is 2. The predicted octanol–water partition coefficient (Wildman–Crippen LogP) is -3.26. The van der Waals surface area contributed by atoms with E-state index in [-0.39, 0.29) is 0 Å². The van der Waals surface area contributed by atoms with Gasteiger partial charge >= 0.3 is 126 Å². The van der Waals surface area contributed by atoms with E-state index in [0.29, 0.717) is 5.69 Å². The monoisotopic (exact) mass is 393 g/mol. The van der Waals surface area contributed by atoms with Crippen molar-refractivity contribution in [3.63, 3.8) is 0 Å². The minimum absolute atomic E-state index is 0.449. The van der Waals surface area contributed by atoms with Gasteiger partial charge in [-0.05, 0) is 0 Å². The van der Waals surface area contributed by atoms with E-state index in [2.05, 4.69) is 0 Å². The molecule has 0 radical (unpaired) electrons. The Hall–Kier alpha value is -1.39. The van der Waals surface area contributed by atoms with Crippen LogP contribution in [0.15, 0.2) is 24.3 Å². The first kappa shape index (κ1) is 15.0. The number of esters is 2. The Balaban J connectivity index is 2.21. The van der Waals surface area contributed by atoms with Crippen molar-refractivity contribution < 1.29 is 44.1 Å². The van der Waals surface area contributed by atoms with Gasteiger partial charge in [0.15, 0.2) is 0 Å². The zero-order valence-corrected chi connectivity index (χ0v) is 13.0. The molecule has 0 saturated carbocycles. The molecule has 1 heterocycles.